The molecule has 5 rings (SSSR count). The van der Waals surface area contributed by atoms with Crippen LogP contribution in [-0.2, 0) is 11.2 Å². The second-order valence-electron chi connectivity index (χ2n) is 9.72. The van der Waals surface area contributed by atoms with Gasteiger partial charge in [0.2, 0.25) is 11.9 Å². The second-order valence-corrected chi connectivity index (χ2v) is 9.72. The van der Waals surface area contributed by atoms with Gasteiger partial charge < -0.3 is 15.1 Å². The summed E-state index contributed by atoms with van der Waals surface area (Å²) in [6.45, 7) is 6.36. The molecule has 0 aliphatic carbocycles. The van der Waals surface area contributed by atoms with Gasteiger partial charge in [-0.15, -0.1) is 0 Å². The summed E-state index contributed by atoms with van der Waals surface area (Å²) in [5.74, 6) is 0.910. The lowest BCUT2D eigenvalue weighted by molar-refractivity contribution is -0.116. The zero-order valence-electron chi connectivity index (χ0n) is 20.9. The van der Waals surface area contributed by atoms with E-state index in [0.717, 1.165) is 63.7 Å². The minimum Gasteiger partial charge on any atom is -0.371 e. The number of amides is 1. The van der Waals surface area contributed by atoms with Crippen LogP contribution in [0.25, 0.3) is 0 Å². The van der Waals surface area contributed by atoms with Gasteiger partial charge in [-0.2, -0.15) is 0 Å². The molecule has 7 heteroatoms. The Morgan fingerprint density at radius 1 is 0.806 bits per heavy atom. The molecule has 1 N–H and O–H groups in total. The largest absolute Gasteiger partial charge is 0.371 e. The van der Waals surface area contributed by atoms with Gasteiger partial charge >= 0.3 is 0 Å². The van der Waals surface area contributed by atoms with E-state index in [1.807, 2.05) is 48.8 Å². The fourth-order valence-corrected chi connectivity index (χ4v) is 5.33. The molecule has 0 radical (unpaired) electrons. The number of hydrogen-bond donors (Lipinski definition) is 1. The van der Waals surface area contributed by atoms with Gasteiger partial charge in [0.15, 0.2) is 0 Å². The van der Waals surface area contributed by atoms with Crippen molar-refractivity contribution < 1.29 is 4.79 Å². The number of anilines is 3. The Labute approximate surface area is 214 Å². The van der Waals surface area contributed by atoms with Crippen LogP contribution in [0, 0.1) is 0 Å². The van der Waals surface area contributed by atoms with E-state index in [0.29, 0.717) is 12.5 Å². The standard InChI is InChI=1S/C29H36N6O/c36-28(13-8-24-6-2-1-3-7-24)32-25-9-11-26(12-10-25)34-20-14-27(15-21-34)33-18-5-19-35(23-22-33)29-30-16-4-17-31-29/h1-4,6-7,9-12,16-17,27H,5,8,13-15,18-23H2,(H,32,36). The van der Waals surface area contributed by atoms with E-state index in [1.54, 1.807) is 0 Å². The summed E-state index contributed by atoms with van der Waals surface area (Å²) >= 11 is 0. The van der Waals surface area contributed by atoms with Gasteiger partial charge in [-0.05, 0) is 61.6 Å². The van der Waals surface area contributed by atoms with E-state index >= 15 is 0 Å². The van der Waals surface area contributed by atoms with Crippen LogP contribution in [0.4, 0.5) is 17.3 Å². The van der Waals surface area contributed by atoms with Crippen LogP contribution >= 0.6 is 0 Å². The monoisotopic (exact) mass is 484 g/mol. The summed E-state index contributed by atoms with van der Waals surface area (Å²) in [7, 11) is 0. The van der Waals surface area contributed by atoms with Crippen molar-refractivity contribution in [1.29, 1.82) is 0 Å². The van der Waals surface area contributed by atoms with Crippen LogP contribution < -0.4 is 15.1 Å². The number of hydrogen-bond acceptors (Lipinski definition) is 6. The maximum absolute atomic E-state index is 12.3. The molecule has 0 spiro atoms. The highest BCUT2D eigenvalue weighted by Gasteiger charge is 2.27. The maximum atomic E-state index is 12.3. The molecule has 0 bridgehead atoms. The molecule has 188 valence electrons. The van der Waals surface area contributed by atoms with E-state index in [9.17, 15) is 4.79 Å². The Balaban J connectivity index is 1.07. The van der Waals surface area contributed by atoms with Gasteiger partial charge in [0, 0.05) is 75.5 Å². The van der Waals surface area contributed by atoms with E-state index in [4.69, 9.17) is 0 Å². The Bertz CT molecular complexity index is 1080. The number of rotatable bonds is 7. The Morgan fingerprint density at radius 3 is 2.31 bits per heavy atom. The van der Waals surface area contributed by atoms with E-state index < -0.39 is 0 Å². The fraction of sp³-hybridized carbons (Fsp3) is 0.414. The van der Waals surface area contributed by atoms with E-state index in [2.05, 4.69) is 54.2 Å². The van der Waals surface area contributed by atoms with Crippen molar-refractivity contribution in [2.45, 2.75) is 38.1 Å². The molecule has 3 heterocycles. The molecule has 36 heavy (non-hydrogen) atoms. The summed E-state index contributed by atoms with van der Waals surface area (Å²) in [6, 6.07) is 21.0. The molecule has 0 atom stereocenters. The highest BCUT2D eigenvalue weighted by Crippen LogP contribution is 2.25. The van der Waals surface area contributed by atoms with Gasteiger partial charge in [-0.3, -0.25) is 9.69 Å². The lowest BCUT2D eigenvalue weighted by Gasteiger charge is -2.39. The summed E-state index contributed by atoms with van der Waals surface area (Å²) in [5.41, 5.74) is 3.29. The summed E-state index contributed by atoms with van der Waals surface area (Å²) in [5, 5.41) is 3.04. The molecule has 7 nitrogen and oxygen atoms in total. The SMILES string of the molecule is O=C(CCc1ccccc1)Nc1ccc(N2CCC(N3CCCN(c4ncccn4)CC3)CC2)cc1. The van der Waals surface area contributed by atoms with Crippen LogP contribution in [0.2, 0.25) is 0 Å². The molecule has 2 fully saturated rings. The van der Waals surface area contributed by atoms with E-state index in [1.165, 1.54) is 24.1 Å². The molecular weight excluding hydrogens is 448 g/mol. The summed E-state index contributed by atoms with van der Waals surface area (Å²) in [6.07, 6.45) is 8.41. The topological polar surface area (TPSA) is 64.6 Å². The average Bonchev–Trinajstić information content (AvgIpc) is 3.20. The number of nitrogens with zero attached hydrogens (tertiary/aromatic N) is 5. The van der Waals surface area contributed by atoms with Crippen molar-refractivity contribution in [3.05, 3.63) is 78.6 Å². The second kappa shape index (κ2) is 12.0. The van der Waals surface area contributed by atoms with Crippen molar-refractivity contribution >= 4 is 23.2 Å². The number of aryl methyl sites for hydroxylation is 1. The first kappa shape index (κ1) is 24.3. The van der Waals surface area contributed by atoms with Gasteiger partial charge in [-0.1, -0.05) is 30.3 Å². The predicted molar refractivity (Wildman–Crippen MR) is 146 cm³/mol. The molecule has 0 saturated carbocycles. The fourth-order valence-electron chi connectivity index (χ4n) is 5.33. The minimum atomic E-state index is 0.0576. The Morgan fingerprint density at radius 2 is 1.56 bits per heavy atom. The Hall–Kier alpha value is -3.45. The zero-order valence-corrected chi connectivity index (χ0v) is 20.9. The van der Waals surface area contributed by atoms with Crippen molar-refractivity contribution in [2.75, 3.05) is 54.4 Å². The van der Waals surface area contributed by atoms with Crippen molar-refractivity contribution in [1.82, 2.24) is 14.9 Å². The third-order valence-corrected chi connectivity index (χ3v) is 7.35. The molecule has 0 unspecified atom stereocenters. The molecule has 1 aromatic heterocycles. The van der Waals surface area contributed by atoms with E-state index in [-0.39, 0.29) is 5.91 Å². The normalized spacial score (nSPS) is 17.6. The van der Waals surface area contributed by atoms with Crippen molar-refractivity contribution in [3.63, 3.8) is 0 Å². The van der Waals surface area contributed by atoms with Gasteiger partial charge in [-0.25, -0.2) is 9.97 Å². The van der Waals surface area contributed by atoms with Gasteiger partial charge in [0.05, 0.1) is 0 Å². The van der Waals surface area contributed by atoms with Crippen LogP contribution in [0.5, 0.6) is 0 Å². The first-order valence-electron chi connectivity index (χ1n) is 13.2. The number of nitrogens with one attached hydrogen (secondary N) is 1. The first-order valence-corrected chi connectivity index (χ1v) is 13.2. The van der Waals surface area contributed by atoms with Gasteiger partial charge in [0.1, 0.15) is 0 Å². The van der Waals surface area contributed by atoms with Crippen LogP contribution in [-0.4, -0.2) is 66.1 Å². The first-order chi connectivity index (χ1) is 17.7. The summed E-state index contributed by atoms with van der Waals surface area (Å²) < 4.78 is 0. The number of carbonyl (C=O) groups excluding carboxylic acids is 1. The van der Waals surface area contributed by atoms with Crippen LogP contribution in [0.15, 0.2) is 73.1 Å². The third-order valence-electron chi connectivity index (χ3n) is 7.35. The lowest BCUT2D eigenvalue weighted by Crippen LogP contribution is -2.46. The number of aromatic nitrogens is 2. The Kier molecular flexibility index (Phi) is 8.08. The molecular formula is C29H36N6O. The number of benzene rings is 2. The molecule has 2 aliphatic rings. The van der Waals surface area contributed by atoms with Crippen LogP contribution in [0.1, 0.15) is 31.2 Å². The highest BCUT2D eigenvalue weighted by atomic mass is 16.1. The van der Waals surface area contributed by atoms with Gasteiger partial charge in [0.25, 0.3) is 0 Å². The summed E-state index contributed by atoms with van der Waals surface area (Å²) in [4.78, 5) is 28.7. The minimum absolute atomic E-state index is 0.0576. The lowest BCUT2D eigenvalue weighted by atomic mass is 10.0. The highest BCUT2D eigenvalue weighted by molar-refractivity contribution is 5.91. The van der Waals surface area contributed by atoms with Crippen molar-refractivity contribution in [2.24, 2.45) is 0 Å². The molecule has 2 saturated heterocycles. The average molecular weight is 485 g/mol. The number of carbonyl (C=O) groups is 1. The molecule has 3 aromatic rings. The third kappa shape index (κ3) is 6.40. The smallest absolute Gasteiger partial charge is 0.225 e. The number of piperidine rings is 1. The molecule has 1 amide bonds. The maximum Gasteiger partial charge on any atom is 0.225 e. The quantitative estimate of drug-likeness (QED) is 0.542. The van der Waals surface area contributed by atoms with Crippen molar-refractivity contribution in [3.8, 4) is 0 Å². The molecule has 2 aliphatic heterocycles. The predicted octanol–water partition coefficient (Wildman–Crippen LogP) is 4.23. The van der Waals surface area contributed by atoms with Crippen LogP contribution in [0.3, 0.4) is 0 Å². The molecule has 2 aromatic carbocycles. The zero-order chi connectivity index (χ0) is 24.6.